The third kappa shape index (κ3) is 4.04. The van der Waals surface area contributed by atoms with E-state index in [0.29, 0.717) is 19.5 Å². The van der Waals surface area contributed by atoms with Gasteiger partial charge in [0.15, 0.2) is 0 Å². The fraction of sp³-hybridized carbons (Fsp3) is 1.00. The Balaban J connectivity index is 2.62. The summed E-state index contributed by atoms with van der Waals surface area (Å²) in [7, 11) is -4.05. The Morgan fingerprint density at radius 1 is 1.33 bits per heavy atom. The third-order valence-electron chi connectivity index (χ3n) is 2.51. The van der Waals surface area contributed by atoms with E-state index in [2.05, 4.69) is 5.32 Å². The van der Waals surface area contributed by atoms with Crippen LogP contribution in [0, 0.1) is 0 Å². The van der Waals surface area contributed by atoms with Crippen molar-refractivity contribution in [3.63, 3.8) is 0 Å². The second-order valence-corrected chi connectivity index (χ2v) is 5.20. The molecule has 0 aromatic heterocycles. The van der Waals surface area contributed by atoms with Crippen molar-refractivity contribution < 1.29 is 18.1 Å². The molecule has 0 aromatic carbocycles. The van der Waals surface area contributed by atoms with Gasteiger partial charge in [-0.3, -0.25) is 9.45 Å². The molecule has 15 heavy (non-hydrogen) atoms. The van der Waals surface area contributed by atoms with E-state index >= 15 is 0 Å². The Morgan fingerprint density at radius 3 is 2.40 bits per heavy atom. The van der Waals surface area contributed by atoms with Crippen molar-refractivity contribution >= 4 is 10.1 Å². The maximum atomic E-state index is 11.1. The first-order chi connectivity index (χ1) is 7.05. The molecule has 1 unspecified atom stereocenters. The monoisotopic (exact) mass is 238 g/mol. The van der Waals surface area contributed by atoms with Gasteiger partial charge in [0.1, 0.15) is 5.37 Å². The van der Waals surface area contributed by atoms with Crippen LogP contribution >= 0.6 is 0 Å². The van der Waals surface area contributed by atoms with Crippen LogP contribution in [0.2, 0.25) is 0 Å². The van der Waals surface area contributed by atoms with Crippen molar-refractivity contribution in [2.75, 3.05) is 32.8 Å². The molecule has 0 aliphatic carbocycles. The summed E-state index contributed by atoms with van der Waals surface area (Å²) in [5.74, 6) is 0. The minimum Gasteiger partial charge on any atom is -0.396 e. The molecule has 0 amide bonds. The summed E-state index contributed by atoms with van der Waals surface area (Å²) in [6.07, 6.45) is 0.656. The Hall–Kier alpha value is -0.210. The maximum Gasteiger partial charge on any atom is 0.281 e. The van der Waals surface area contributed by atoms with Gasteiger partial charge in [-0.25, -0.2) is 0 Å². The van der Waals surface area contributed by atoms with E-state index in [1.165, 1.54) is 0 Å². The summed E-state index contributed by atoms with van der Waals surface area (Å²) in [5.41, 5.74) is 0. The number of nitrogens with zero attached hydrogens (tertiary/aromatic N) is 1. The number of nitrogens with one attached hydrogen (secondary N) is 1. The standard InChI is InChI=1S/C8H18N2O4S/c11-7-1-2-8(15(12,13)14)10-5-3-9-4-6-10/h8-9,11H,1-7H2,(H,12,13,14). The van der Waals surface area contributed by atoms with Gasteiger partial charge in [0.05, 0.1) is 0 Å². The van der Waals surface area contributed by atoms with E-state index in [0.717, 1.165) is 13.1 Å². The van der Waals surface area contributed by atoms with Gasteiger partial charge in [0.2, 0.25) is 0 Å². The zero-order valence-corrected chi connectivity index (χ0v) is 9.41. The second-order valence-electron chi connectivity index (χ2n) is 3.62. The molecule has 1 aliphatic heterocycles. The minimum absolute atomic E-state index is 0.0574. The van der Waals surface area contributed by atoms with Gasteiger partial charge in [-0.15, -0.1) is 0 Å². The molecular formula is C8H18N2O4S. The minimum atomic E-state index is -4.05. The van der Waals surface area contributed by atoms with Crippen LogP contribution in [-0.4, -0.2) is 61.1 Å². The highest BCUT2D eigenvalue weighted by atomic mass is 32.2. The lowest BCUT2D eigenvalue weighted by atomic mass is 10.2. The van der Waals surface area contributed by atoms with Crippen LogP contribution in [0.1, 0.15) is 12.8 Å². The molecule has 0 saturated carbocycles. The van der Waals surface area contributed by atoms with Crippen LogP contribution in [0.4, 0.5) is 0 Å². The van der Waals surface area contributed by atoms with E-state index in [1.54, 1.807) is 4.90 Å². The highest BCUT2D eigenvalue weighted by Gasteiger charge is 2.29. The van der Waals surface area contributed by atoms with Gasteiger partial charge in [-0.1, -0.05) is 0 Å². The molecule has 0 spiro atoms. The fourth-order valence-corrected chi connectivity index (χ4v) is 2.81. The lowest BCUT2D eigenvalue weighted by Crippen LogP contribution is -2.51. The van der Waals surface area contributed by atoms with Crippen molar-refractivity contribution in [2.45, 2.75) is 18.2 Å². The van der Waals surface area contributed by atoms with Gasteiger partial charge in [-0.05, 0) is 12.8 Å². The molecule has 1 rings (SSSR count). The quantitative estimate of drug-likeness (QED) is 0.526. The Bertz CT molecular complexity index is 274. The first-order valence-electron chi connectivity index (χ1n) is 5.07. The van der Waals surface area contributed by atoms with Crippen LogP contribution < -0.4 is 5.32 Å². The van der Waals surface area contributed by atoms with Crippen LogP contribution in [0.25, 0.3) is 0 Å². The zero-order valence-electron chi connectivity index (χ0n) is 8.59. The van der Waals surface area contributed by atoms with Crippen molar-refractivity contribution in [1.82, 2.24) is 10.2 Å². The summed E-state index contributed by atoms with van der Waals surface area (Å²) in [6.45, 7) is 2.61. The molecule has 90 valence electrons. The molecule has 7 heteroatoms. The lowest BCUT2D eigenvalue weighted by molar-refractivity contribution is 0.190. The molecule has 0 aromatic rings. The number of piperazine rings is 1. The summed E-state index contributed by atoms with van der Waals surface area (Å²) in [4.78, 5) is 1.74. The average Bonchev–Trinajstić information content (AvgIpc) is 2.18. The summed E-state index contributed by atoms with van der Waals surface area (Å²) in [5, 5.41) is 10.9. The zero-order chi connectivity index (χ0) is 11.3. The largest absolute Gasteiger partial charge is 0.396 e. The maximum absolute atomic E-state index is 11.1. The van der Waals surface area contributed by atoms with Crippen LogP contribution in [-0.2, 0) is 10.1 Å². The second kappa shape index (κ2) is 5.76. The summed E-state index contributed by atoms with van der Waals surface area (Å²) >= 11 is 0. The Morgan fingerprint density at radius 2 is 1.93 bits per heavy atom. The topological polar surface area (TPSA) is 89.9 Å². The lowest BCUT2D eigenvalue weighted by Gasteiger charge is -2.32. The molecule has 0 bridgehead atoms. The van der Waals surface area contributed by atoms with Crippen LogP contribution in [0.3, 0.4) is 0 Å². The number of hydrogen-bond donors (Lipinski definition) is 3. The van der Waals surface area contributed by atoms with E-state index < -0.39 is 15.5 Å². The molecule has 1 fully saturated rings. The van der Waals surface area contributed by atoms with Crippen molar-refractivity contribution in [2.24, 2.45) is 0 Å². The average molecular weight is 238 g/mol. The van der Waals surface area contributed by atoms with E-state index in [-0.39, 0.29) is 13.0 Å². The molecule has 1 atom stereocenters. The molecule has 1 aliphatic rings. The van der Waals surface area contributed by atoms with Crippen molar-refractivity contribution in [3.05, 3.63) is 0 Å². The third-order valence-corrected chi connectivity index (χ3v) is 3.73. The molecule has 0 radical (unpaired) electrons. The van der Waals surface area contributed by atoms with Crippen LogP contribution in [0.15, 0.2) is 0 Å². The normalized spacial score (nSPS) is 21.5. The molecule has 1 heterocycles. The van der Waals surface area contributed by atoms with Gasteiger partial charge in [0, 0.05) is 32.8 Å². The molecular weight excluding hydrogens is 220 g/mol. The number of aliphatic hydroxyl groups excluding tert-OH is 1. The van der Waals surface area contributed by atoms with E-state index in [4.69, 9.17) is 9.66 Å². The smallest absolute Gasteiger partial charge is 0.281 e. The fourth-order valence-electron chi connectivity index (χ4n) is 1.76. The first-order valence-corrected chi connectivity index (χ1v) is 6.58. The summed E-state index contributed by atoms with van der Waals surface area (Å²) in [6, 6.07) is 0. The van der Waals surface area contributed by atoms with Crippen LogP contribution in [0.5, 0.6) is 0 Å². The molecule has 3 N–H and O–H groups in total. The van der Waals surface area contributed by atoms with Gasteiger partial charge in [-0.2, -0.15) is 8.42 Å². The van der Waals surface area contributed by atoms with Gasteiger partial charge in [0.25, 0.3) is 10.1 Å². The Kier molecular flexibility index (Phi) is 4.94. The van der Waals surface area contributed by atoms with Crippen molar-refractivity contribution in [1.29, 1.82) is 0 Å². The van der Waals surface area contributed by atoms with E-state index in [9.17, 15) is 8.42 Å². The first kappa shape index (κ1) is 12.9. The highest BCUT2D eigenvalue weighted by Crippen LogP contribution is 2.13. The van der Waals surface area contributed by atoms with Crippen molar-refractivity contribution in [3.8, 4) is 0 Å². The highest BCUT2D eigenvalue weighted by molar-refractivity contribution is 7.86. The van der Waals surface area contributed by atoms with Gasteiger partial charge < -0.3 is 10.4 Å². The molecule has 1 saturated heterocycles. The molecule has 6 nitrogen and oxygen atoms in total. The SMILES string of the molecule is O=S(=O)(O)C(CCCO)N1CCNCC1. The summed E-state index contributed by atoms with van der Waals surface area (Å²) < 4.78 is 31.4. The number of hydrogen-bond acceptors (Lipinski definition) is 5. The Labute approximate surface area is 90.0 Å². The number of rotatable bonds is 5. The van der Waals surface area contributed by atoms with E-state index in [1.807, 2.05) is 0 Å². The van der Waals surface area contributed by atoms with Gasteiger partial charge >= 0.3 is 0 Å². The number of aliphatic hydroxyl groups is 1. The predicted octanol–water partition coefficient (Wildman–Crippen LogP) is -1.12. The predicted molar refractivity (Wildman–Crippen MR) is 56.1 cm³/mol.